The van der Waals surface area contributed by atoms with E-state index < -0.39 is 0 Å². The first-order valence-corrected chi connectivity index (χ1v) is 9.55. The second-order valence-electron chi connectivity index (χ2n) is 7.43. The zero-order valence-corrected chi connectivity index (χ0v) is 15.3. The highest BCUT2D eigenvalue weighted by atomic mass is 35.5. The molecule has 1 heterocycles. The van der Waals surface area contributed by atoms with Gasteiger partial charge in [-0.3, -0.25) is 9.59 Å². The molecule has 3 aliphatic rings. The quantitative estimate of drug-likeness (QED) is 0.794. The summed E-state index contributed by atoms with van der Waals surface area (Å²) in [7, 11) is 0. The number of fused-ring (bicyclic) bond motifs is 1. The Morgan fingerprint density at radius 2 is 2.04 bits per heavy atom. The van der Waals surface area contributed by atoms with E-state index >= 15 is 0 Å². The molecule has 0 aromatic heterocycles. The van der Waals surface area contributed by atoms with Crippen LogP contribution in [0.3, 0.4) is 0 Å². The van der Waals surface area contributed by atoms with Crippen LogP contribution >= 0.6 is 11.6 Å². The van der Waals surface area contributed by atoms with Crippen LogP contribution in [0.1, 0.15) is 32.1 Å². The van der Waals surface area contributed by atoms with E-state index in [1.165, 1.54) is 0 Å². The number of carbonyl (C=O) groups is 2. The van der Waals surface area contributed by atoms with Gasteiger partial charge in [0.2, 0.25) is 5.91 Å². The minimum atomic E-state index is -0.306. The summed E-state index contributed by atoms with van der Waals surface area (Å²) in [6.07, 6.45) is 4.26. The van der Waals surface area contributed by atoms with Gasteiger partial charge in [-0.15, -0.1) is 0 Å². The average molecular weight is 379 g/mol. The van der Waals surface area contributed by atoms with Crippen LogP contribution in [0.5, 0.6) is 5.75 Å². The number of carbonyl (C=O) groups excluding carboxylic acids is 2. The van der Waals surface area contributed by atoms with Crippen molar-refractivity contribution >= 4 is 23.4 Å². The summed E-state index contributed by atoms with van der Waals surface area (Å²) in [5.41, 5.74) is -0.147. The van der Waals surface area contributed by atoms with E-state index in [1.807, 2.05) is 0 Å². The number of nitrogens with one attached hydrogen (secondary N) is 2. The number of rotatable bonds is 6. The van der Waals surface area contributed by atoms with Gasteiger partial charge in [0.05, 0.1) is 0 Å². The minimum Gasteiger partial charge on any atom is -0.484 e. The van der Waals surface area contributed by atoms with Crippen molar-refractivity contribution in [3.8, 4) is 5.75 Å². The Bertz CT molecular complexity index is 689. The van der Waals surface area contributed by atoms with Crippen LogP contribution in [0.15, 0.2) is 24.3 Å². The Balaban J connectivity index is 1.19. The van der Waals surface area contributed by atoms with E-state index in [-0.39, 0.29) is 36.1 Å². The second kappa shape index (κ2) is 7.08. The number of ether oxygens (including phenoxy) is 2. The first kappa shape index (κ1) is 17.6. The number of halogens is 1. The van der Waals surface area contributed by atoms with Gasteiger partial charge in [0.15, 0.2) is 6.61 Å². The molecule has 6 nitrogen and oxygen atoms in total. The van der Waals surface area contributed by atoms with Gasteiger partial charge < -0.3 is 20.1 Å². The molecule has 4 atom stereocenters. The summed E-state index contributed by atoms with van der Waals surface area (Å²) in [5.74, 6) is 0.797. The zero-order chi connectivity index (χ0) is 18.1. The summed E-state index contributed by atoms with van der Waals surface area (Å²) in [4.78, 5) is 24.3. The van der Waals surface area contributed by atoms with E-state index in [9.17, 15) is 9.59 Å². The Morgan fingerprint density at radius 1 is 1.23 bits per heavy atom. The molecule has 2 amide bonds. The molecule has 0 spiro atoms. The predicted octanol–water partition coefficient (Wildman–Crippen LogP) is 2.05. The lowest BCUT2D eigenvalue weighted by atomic mass is 9.86. The molecule has 2 unspecified atom stereocenters. The fourth-order valence-electron chi connectivity index (χ4n) is 4.03. The molecule has 2 N–H and O–H groups in total. The van der Waals surface area contributed by atoms with Crippen molar-refractivity contribution < 1.29 is 19.1 Å². The van der Waals surface area contributed by atoms with Crippen LogP contribution < -0.4 is 15.4 Å². The molecular formula is C19H23ClN2O4. The van der Waals surface area contributed by atoms with Gasteiger partial charge in [-0.25, -0.2) is 0 Å². The maximum absolute atomic E-state index is 12.2. The summed E-state index contributed by atoms with van der Waals surface area (Å²) < 4.78 is 11.0. The monoisotopic (exact) mass is 378 g/mol. The molecule has 1 aromatic carbocycles. The van der Waals surface area contributed by atoms with Crippen LogP contribution in [0.25, 0.3) is 0 Å². The summed E-state index contributed by atoms with van der Waals surface area (Å²) in [5, 5.41) is 6.77. The fourth-order valence-corrected chi connectivity index (χ4v) is 4.16. The zero-order valence-electron chi connectivity index (χ0n) is 14.5. The Morgan fingerprint density at radius 3 is 2.73 bits per heavy atom. The van der Waals surface area contributed by atoms with Crippen LogP contribution in [0.4, 0.5) is 0 Å². The van der Waals surface area contributed by atoms with E-state index in [0.29, 0.717) is 23.3 Å². The molecule has 0 bridgehead atoms. The van der Waals surface area contributed by atoms with Gasteiger partial charge in [-0.1, -0.05) is 11.6 Å². The van der Waals surface area contributed by atoms with Crippen molar-refractivity contribution in [2.45, 2.75) is 49.8 Å². The van der Waals surface area contributed by atoms with Crippen LogP contribution in [0, 0.1) is 5.92 Å². The number of benzene rings is 1. The second-order valence-corrected chi connectivity index (χ2v) is 7.87. The third-order valence-corrected chi connectivity index (χ3v) is 5.83. The van der Waals surface area contributed by atoms with Gasteiger partial charge in [-0.05, 0) is 56.4 Å². The molecule has 3 fully saturated rings. The van der Waals surface area contributed by atoms with Crippen LogP contribution in [0.2, 0.25) is 5.02 Å². The SMILES string of the molecule is O=C(COc1ccc(Cl)cc1)N[C@@]12CC1[C@H](NC(=O)C1CCCCO1)C2. The van der Waals surface area contributed by atoms with Gasteiger partial charge in [0, 0.05) is 29.1 Å². The van der Waals surface area contributed by atoms with Crippen LogP contribution in [-0.4, -0.2) is 42.7 Å². The Hall–Kier alpha value is -1.79. The molecule has 2 aliphatic carbocycles. The van der Waals surface area contributed by atoms with Crippen molar-refractivity contribution in [1.29, 1.82) is 0 Å². The van der Waals surface area contributed by atoms with Crippen molar-refractivity contribution in [3.63, 3.8) is 0 Å². The summed E-state index contributed by atoms with van der Waals surface area (Å²) in [6, 6.07) is 7.05. The molecule has 4 rings (SSSR count). The minimum absolute atomic E-state index is 0.00685. The molecule has 7 heteroatoms. The smallest absolute Gasteiger partial charge is 0.258 e. The van der Waals surface area contributed by atoms with Gasteiger partial charge in [-0.2, -0.15) is 0 Å². The molecule has 1 saturated heterocycles. The van der Waals surface area contributed by atoms with Gasteiger partial charge >= 0.3 is 0 Å². The topological polar surface area (TPSA) is 76.7 Å². The average Bonchev–Trinajstić information content (AvgIpc) is 3.23. The lowest BCUT2D eigenvalue weighted by molar-refractivity contribution is -0.137. The standard InChI is InChI=1S/C19H23ClN2O4/c20-12-4-6-13(7-5-12)26-11-17(23)22-19-9-14(19)15(10-19)21-18(24)16-3-1-2-8-25-16/h4-7,14-16H,1-3,8-11H2,(H,21,24)(H,22,23)/t14?,15-,16?,19-/m1/s1. The van der Waals surface area contributed by atoms with Crippen molar-refractivity contribution in [1.82, 2.24) is 10.6 Å². The van der Waals surface area contributed by atoms with Crippen molar-refractivity contribution in [3.05, 3.63) is 29.3 Å². The lowest BCUT2D eigenvalue weighted by Crippen LogP contribution is -2.58. The Labute approximate surface area is 157 Å². The number of hydrogen-bond donors (Lipinski definition) is 2. The maximum atomic E-state index is 12.2. The fraction of sp³-hybridized carbons (Fsp3) is 0.579. The van der Waals surface area contributed by atoms with Crippen molar-refractivity contribution in [2.24, 2.45) is 5.92 Å². The molecule has 1 aliphatic heterocycles. The first-order valence-electron chi connectivity index (χ1n) is 9.17. The van der Waals surface area contributed by atoms with Gasteiger partial charge in [0.1, 0.15) is 11.9 Å². The van der Waals surface area contributed by atoms with Gasteiger partial charge in [0.25, 0.3) is 5.91 Å². The molecular weight excluding hydrogens is 356 g/mol. The third-order valence-electron chi connectivity index (χ3n) is 5.58. The largest absolute Gasteiger partial charge is 0.484 e. The molecule has 1 aromatic rings. The highest BCUT2D eigenvalue weighted by Crippen LogP contribution is 2.59. The Kier molecular flexibility index (Phi) is 4.80. The van der Waals surface area contributed by atoms with Crippen LogP contribution in [-0.2, 0) is 14.3 Å². The van der Waals surface area contributed by atoms with E-state index in [2.05, 4.69) is 10.6 Å². The highest BCUT2D eigenvalue weighted by Gasteiger charge is 2.68. The number of amides is 2. The number of hydrogen-bond acceptors (Lipinski definition) is 4. The normalized spacial score (nSPS) is 32.0. The van der Waals surface area contributed by atoms with E-state index in [0.717, 1.165) is 32.1 Å². The highest BCUT2D eigenvalue weighted by molar-refractivity contribution is 6.30. The van der Waals surface area contributed by atoms with E-state index in [1.54, 1.807) is 24.3 Å². The maximum Gasteiger partial charge on any atom is 0.258 e. The molecule has 26 heavy (non-hydrogen) atoms. The molecule has 0 radical (unpaired) electrons. The first-order chi connectivity index (χ1) is 12.6. The summed E-state index contributed by atoms with van der Waals surface area (Å²) in [6.45, 7) is 0.642. The molecule has 140 valence electrons. The van der Waals surface area contributed by atoms with E-state index in [4.69, 9.17) is 21.1 Å². The summed E-state index contributed by atoms with van der Waals surface area (Å²) >= 11 is 5.82. The molecule has 2 saturated carbocycles. The third kappa shape index (κ3) is 3.67. The van der Waals surface area contributed by atoms with Crippen molar-refractivity contribution in [2.75, 3.05) is 13.2 Å². The predicted molar refractivity (Wildman–Crippen MR) is 96.1 cm³/mol. The lowest BCUT2D eigenvalue weighted by Gasteiger charge is -2.36.